The fraction of sp³-hybridized carbons (Fsp3) is 0.467. The SMILES string of the molecule is O=C1C2CCCN2C(=O)CCN1Cc1ccc(F)cc1. The van der Waals surface area contributed by atoms with Gasteiger partial charge in [0.05, 0.1) is 0 Å². The second kappa shape index (κ2) is 5.23. The molecule has 20 heavy (non-hydrogen) atoms. The van der Waals surface area contributed by atoms with Gasteiger partial charge in [-0.25, -0.2) is 4.39 Å². The number of nitrogens with zero attached hydrogens (tertiary/aromatic N) is 2. The Morgan fingerprint density at radius 3 is 2.65 bits per heavy atom. The van der Waals surface area contributed by atoms with Crippen LogP contribution in [0.2, 0.25) is 0 Å². The summed E-state index contributed by atoms with van der Waals surface area (Å²) < 4.78 is 12.9. The van der Waals surface area contributed by atoms with E-state index < -0.39 is 0 Å². The Morgan fingerprint density at radius 1 is 1.15 bits per heavy atom. The molecule has 5 heteroatoms. The third kappa shape index (κ3) is 2.40. The third-order valence-electron chi connectivity index (χ3n) is 4.05. The number of amides is 2. The van der Waals surface area contributed by atoms with E-state index in [4.69, 9.17) is 0 Å². The van der Waals surface area contributed by atoms with Crippen molar-refractivity contribution in [3.63, 3.8) is 0 Å². The summed E-state index contributed by atoms with van der Waals surface area (Å²) in [6, 6.07) is 5.86. The number of carbonyl (C=O) groups excluding carboxylic acids is 2. The van der Waals surface area contributed by atoms with Crippen LogP contribution >= 0.6 is 0 Å². The van der Waals surface area contributed by atoms with Gasteiger partial charge in [-0.1, -0.05) is 12.1 Å². The number of carbonyl (C=O) groups is 2. The lowest BCUT2D eigenvalue weighted by molar-refractivity contribution is -0.139. The maximum absolute atomic E-state index is 12.9. The summed E-state index contributed by atoms with van der Waals surface area (Å²) in [5.41, 5.74) is 0.888. The van der Waals surface area contributed by atoms with Gasteiger partial charge in [0.25, 0.3) is 0 Å². The number of benzene rings is 1. The molecular formula is C15H17FN2O2. The van der Waals surface area contributed by atoms with Crippen molar-refractivity contribution in [3.05, 3.63) is 35.6 Å². The second-order valence-corrected chi connectivity index (χ2v) is 5.38. The Bertz CT molecular complexity index is 529. The van der Waals surface area contributed by atoms with Gasteiger partial charge in [-0.2, -0.15) is 0 Å². The third-order valence-corrected chi connectivity index (χ3v) is 4.05. The molecule has 0 radical (unpaired) electrons. The predicted molar refractivity (Wildman–Crippen MR) is 71.2 cm³/mol. The normalized spacial score (nSPS) is 22.9. The minimum Gasteiger partial charge on any atom is -0.336 e. The molecule has 1 aromatic rings. The first-order valence-electron chi connectivity index (χ1n) is 6.98. The van der Waals surface area contributed by atoms with Crippen molar-refractivity contribution >= 4 is 11.8 Å². The minimum absolute atomic E-state index is 0.0256. The highest BCUT2D eigenvalue weighted by Gasteiger charge is 2.38. The van der Waals surface area contributed by atoms with Crippen molar-refractivity contribution in [3.8, 4) is 0 Å². The van der Waals surface area contributed by atoms with E-state index in [2.05, 4.69) is 0 Å². The molecule has 2 aliphatic rings. The quantitative estimate of drug-likeness (QED) is 0.822. The van der Waals surface area contributed by atoms with Crippen LogP contribution in [-0.4, -0.2) is 40.7 Å². The average molecular weight is 276 g/mol. The molecular weight excluding hydrogens is 259 g/mol. The number of rotatable bonds is 2. The molecule has 3 rings (SSSR count). The molecule has 2 amide bonds. The van der Waals surface area contributed by atoms with E-state index in [0.29, 0.717) is 26.1 Å². The highest BCUT2D eigenvalue weighted by molar-refractivity contribution is 5.90. The fourth-order valence-electron chi connectivity index (χ4n) is 2.98. The van der Waals surface area contributed by atoms with Gasteiger partial charge in [0.15, 0.2) is 0 Å². The lowest BCUT2D eigenvalue weighted by atomic mass is 10.1. The van der Waals surface area contributed by atoms with Crippen LogP contribution in [0.1, 0.15) is 24.8 Å². The molecule has 2 heterocycles. The molecule has 2 saturated heterocycles. The minimum atomic E-state index is -0.287. The van der Waals surface area contributed by atoms with E-state index in [0.717, 1.165) is 18.4 Å². The zero-order valence-corrected chi connectivity index (χ0v) is 11.2. The van der Waals surface area contributed by atoms with E-state index in [1.807, 2.05) is 0 Å². The number of halogens is 1. The van der Waals surface area contributed by atoms with Gasteiger partial charge in [-0.15, -0.1) is 0 Å². The largest absolute Gasteiger partial charge is 0.336 e. The molecule has 0 bridgehead atoms. The van der Waals surface area contributed by atoms with E-state index in [-0.39, 0.29) is 23.7 Å². The van der Waals surface area contributed by atoms with E-state index >= 15 is 0 Å². The van der Waals surface area contributed by atoms with Gasteiger partial charge in [0, 0.05) is 26.1 Å². The molecule has 0 saturated carbocycles. The molecule has 4 nitrogen and oxygen atoms in total. The smallest absolute Gasteiger partial charge is 0.245 e. The van der Waals surface area contributed by atoms with Crippen molar-refractivity contribution in [2.75, 3.05) is 13.1 Å². The lowest BCUT2D eigenvalue weighted by Crippen LogP contribution is -2.43. The molecule has 1 atom stereocenters. The highest BCUT2D eigenvalue weighted by atomic mass is 19.1. The molecule has 0 spiro atoms. The molecule has 0 N–H and O–H groups in total. The topological polar surface area (TPSA) is 40.6 Å². The standard InChI is InChI=1S/C15H17FN2O2/c16-12-5-3-11(4-6-12)10-17-9-7-14(19)18-8-1-2-13(18)15(17)20/h3-6,13H,1-2,7-10H2. The van der Waals surface area contributed by atoms with E-state index in [1.165, 1.54) is 12.1 Å². The van der Waals surface area contributed by atoms with Crippen molar-refractivity contribution in [2.24, 2.45) is 0 Å². The molecule has 0 aromatic heterocycles. The van der Waals surface area contributed by atoms with Crippen LogP contribution in [0.4, 0.5) is 4.39 Å². The number of fused-ring (bicyclic) bond motifs is 1. The molecule has 0 aliphatic carbocycles. The van der Waals surface area contributed by atoms with Crippen LogP contribution in [0.5, 0.6) is 0 Å². The van der Waals surface area contributed by atoms with E-state index in [9.17, 15) is 14.0 Å². The summed E-state index contributed by atoms with van der Waals surface area (Å²) in [5.74, 6) is -0.187. The molecule has 2 aliphatic heterocycles. The van der Waals surface area contributed by atoms with Gasteiger partial charge < -0.3 is 9.80 Å². The van der Waals surface area contributed by atoms with Crippen LogP contribution < -0.4 is 0 Å². The summed E-state index contributed by atoms with van der Waals surface area (Å²) in [6.07, 6.45) is 2.03. The monoisotopic (exact) mass is 276 g/mol. The van der Waals surface area contributed by atoms with Crippen molar-refractivity contribution in [1.82, 2.24) is 9.80 Å². The Hall–Kier alpha value is -1.91. The number of hydrogen-bond acceptors (Lipinski definition) is 2. The van der Waals surface area contributed by atoms with Crippen molar-refractivity contribution in [2.45, 2.75) is 31.8 Å². The highest BCUT2D eigenvalue weighted by Crippen LogP contribution is 2.24. The first-order chi connectivity index (χ1) is 9.65. The van der Waals surface area contributed by atoms with Gasteiger partial charge >= 0.3 is 0 Å². The summed E-state index contributed by atoms with van der Waals surface area (Å²) >= 11 is 0. The first-order valence-corrected chi connectivity index (χ1v) is 6.98. The van der Waals surface area contributed by atoms with Crippen LogP contribution in [0, 0.1) is 5.82 Å². The van der Waals surface area contributed by atoms with Gasteiger partial charge in [-0.3, -0.25) is 9.59 Å². The maximum atomic E-state index is 12.9. The van der Waals surface area contributed by atoms with Gasteiger partial charge in [0.1, 0.15) is 11.9 Å². The van der Waals surface area contributed by atoms with Crippen molar-refractivity contribution < 1.29 is 14.0 Å². The zero-order valence-electron chi connectivity index (χ0n) is 11.2. The molecule has 1 unspecified atom stereocenters. The van der Waals surface area contributed by atoms with Crippen LogP contribution in [0.15, 0.2) is 24.3 Å². The second-order valence-electron chi connectivity index (χ2n) is 5.38. The summed E-state index contributed by atoms with van der Waals surface area (Å²) in [5, 5.41) is 0. The maximum Gasteiger partial charge on any atom is 0.245 e. The summed E-state index contributed by atoms with van der Waals surface area (Å²) in [4.78, 5) is 27.9. The number of hydrogen-bond donors (Lipinski definition) is 0. The summed E-state index contributed by atoms with van der Waals surface area (Å²) in [7, 11) is 0. The predicted octanol–water partition coefficient (Wildman–Crippen LogP) is 1.55. The first kappa shape index (κ1) is 13.1. The summed E-state index contributed by atoms with van der Waals surface area (Å²) in [6.45, 7) is 1.58. The Kier molecular flexibility index (Phi) is 3.42. The molecule has 2 fully saturated rings. The van der Waals surface area contributed by atoms with Crippen LogP contribution in [0.3, 0.4) is 0 Å². The Morgan fingerprint density at radius 2 is 1.90 bits per heavy atom. The van der Waals surface area contributed by atoms with E-state index in [1.54, 1.807) is 21.9 Å². The molecule has 1 aromatic carbocycles. The average Bonchev–Trinajstić information content (AvgIpc) is 2.90. The van der Waals surface area contributed by atoms with Gasteiger partial charge in [0.2, 0.25) is 11.8 Å². The Balaban J connectivity index is 1.77. The molecule has 106 valence electrons. The van der Waals surface area contributed by atoms with Crippen LogP contribution in [-0.2, 0) is 16.1 Å². The van der Waals surface area contributed by atoms with Crippen molar-refractivity contribution in [1.29, 1.82) is 0 Å². The fourth-order valence-corrected chi connectivity index (χ4v) is 2.98. The zero-order chi connectivity index (χ0) is 14.1. The van der Waals surface area contributed by atoms with Gasteiger partial charge in [-0.05, 0) is 30.5 Å². The lowest BCUT2D eigenvalue weighted by Gasteiger charge is -2.25. The van der Waals surface area contributed by atoms with Crippen LogP contribution in [0.25, 0.3) is 0 Å². The Labute approximate surface area is 117 Å².